The largest absolute Gasteiger partial charge is 0.463 e. The zero-order valence-electron chi connectivity index (χ0n) is 10.3. The Bertz CT molecular complexity index is 533. The molecule has 1 amide bonds. The fourth-order valence-electron chi connectivity index (χ4n) is 1.83. The highest BCUT2D eigenvalue weighted by Gasteiger charge is 2.12. The van der Waals surface area contributed by atoms with Gasteiger partial charge in [-0.3, -0.25) is 4.79 Å². The summed E-state index contributed by atoms with van der Waals surface area (Å²) in [6, 6.07) is 7.51. The van der Waals surface area contributed by atoms with E-state index in [4.69, 9.17) is 16.0 Å². The molecule has 1 unspecified atom stereocenters. The van der Waals surface area contributed by atoms with Crippen LogP contribution in [0.3, 0.4) is 0 Å². The second-order valence-corrected chi connectivity index (χ2v) is 5.07. The van der Waals surface area contributed by atoms with Crippen molar-refractivity contribution in [2.75, 3.05) is 6.54 Å². The van der Waals surface area contributed by atoms with E-state index in [9.17, 15) is 4.79 Å². The van der Waals surface area contributed by atoms with Gasteiger partial charge >= 0.3 is 0 Å². The molecule has 0 aliphatic heterocycles. The molecule has 4 heteroatoms. The normalized spacial score (nSPS) is 12.6. The standard InChI is InChI=1S/C14H16ClNO2/c1-10(15)5-4-8-16-14(17)12-9-18-13-7-3-2-6-11(12)13/h2-3,6-7,9-10H,4-5,8H2,1H3,(H,16,17). The van der Waals surface area contributed by atoms with Gasteiger partial charge < -0.3 is 9.73 Å². The molecular weight excluding hydrogens is 250 g/mol. The fraction of sp³-hybridized carbons (Fsp3) is 0.357. The summed E-state index contributed by atoms with van der Waals surface area (Å²) in [4.78, 5) is 12.0. The Balaban J connectivity index is 1.97. The van der Waals surface area contributed by atoms with E-state index in [0.29, 0.717) is 12.1 Å². The lowest BCUT2D eigenvalue weighted by Crippen LogP contribution is -2.24. The minimum atomic E-state index is -0.0952. The summed E-state index contributed by atoms with van der Waals surface area (Å²) in [5, 5.41) is 3.87. The van der Waals surface area contributed by atoms with E-state index in [-0.39, 0.29) is 11.3 Å². The van der Waals surface area contributed by atoms with E-state index in [2.05, 4.69) is 5.32 Å². The van der Waals surface area contributed by atoms with Gasteiger partial charge in [0.15, 0.2) is 0 Å². The van der Waals surface area contributed by atoms with Crippen molar-refractivity contribution in [2.24, 2.45) is 0 Å². The lowest BCUT2D eigenvalue weighted by molar-refractivity contribution is 0.0954. The third-order valence-electron chi connectivity index (χ3n) is 2.79. The van der Waals surface area contributed by atoms with Crippen LogP contribution in [0.1, 0.15) is 30.1 Å². The summed E-state index contributed by atoms with van der Waals surface area (Å²) in [5.74, 6) is -0.0952. The predicted molar refractivity (Wildman–Crippen MR) is 73.1 cm³/mol. The zero-order valence-corrected chi connectivity index (χ0v) is 11.0. The molecule has 0 bridgehead atoms. The maximum absolute atomic E-state index is 12.0. The predicted octanol–water partition coefficient (Wildman–Crippen LogP) is 3.57. The van der Waals surface area contributed by atoms with Crippen molar-refractivity contribution in [1.29, 1.82) is 0 Å². The number of alkyl halides is 1. The van der Waals surface area contributed by atoms with Crippen LogP contribution in [0.4, 0.5) is 0 Å². The number of carbonyl (C=O) groups is 1. The van der Waals surface area contributed by atoms with E-state index in [0.717, 1.165) is 23.8 Å². The van der Waals surface area contributed by atoms with Crippen LogP contribution in [0.5, 0.6) is 0 Å². The van der Waals surface area contributed by atoms with Crippen molar-refractivity contribution in [2.45, 2.75) is 25.1 Å². The van der Waals surface area contributed by atoms with Gasteiger partial charge in [-0.05, 0) is 25.8 Å². The summed E-state index contributed by atoms with van der Waals surface area (Å²) in [5.41, 5.74) is 1.32. The lowest BCUT2D eigenvalue weighted by atomic mass is 10.1. The van der Waals surface area contributed by atoms with Crippen molar-refractivity contribution in [3.63, 3.8) is 0 Å². The number of furan rings is 1. The SMILES string of the molecule is CC(Cl)CCCNC(=O)c1coc2ccccc12. The minimum absolute atomic E-state index is 0.0952. The van der Waals surface area contributed by atoms with Crippen LogP contribution in [-0.2, 0) is 0 Å². The Morgan fingerprint density at radius 1 is 1.44 bits per heavy atom. The molecule has 1 aromatic heterocycles. The van der Waals surface area contributed by atoms with Gasteiger partial charge in [-0.2, -0.15) is 0 Å². The first-order valence-corrected chi connectivity index (χ1v) is 6.50. The molecule has 96 valence electrons. The summed E-state index contributed by atoms with van der Waals surface area (Å²) >= 11 is 5.84. The number of fused-ring (bicyclic) bond motifs is 1. The quantitative estimate of drug-likeness (QED) is 0.663. The molecule has 1 heterocycles. The second-order valence-electron chi connectivity index (χ2n) is 4.32. The molecular formula is C14H16ClNO2. The molecule has 1 N–H and O–H groups in total. The highest BCUT2D eigenvalue weighted by molar-refractivity contribution is 6.20. The maximum atomic E-state index is 12.0. The Morgan fingerprint density at radius 2 is 2.22 bits per heavy atom. The van der Waals surface area contributed by atoms with Crippen molar-refractivity contribution < 1.29 is 9.21 Å². The highest BCUT2D eigenvalue weighted by atomic mass is 35.5. The second kappa shape index (κ2) is 5.91. The highest BCUT2D eigenvalue weighted by Crippen LogP contribution is 2.20. The summed E-state index contributed by atoms with van der Waals surface area (Å²) < 4.78 is 5.33. The number of rotatable bonds is 5. The number of hydrogen-bond acceptors (Lipinski definition) is 2. The van der Waals surface area contributed by atoms with Crippen LogP contribution < -0.4 is 5.32 Å². The molecule has 0 saturated carbocycles. The van der Waals surface area contributed by atoms with Crippen LogP contribution in [0.15, 0.2) is 34.9 Å². The van der Waals surface area contributed by atoms with Crippen LogP contribution in [0.25, 0.3) is 11.0 Å². The first kappa shape index (κ1) is 13.0. The van der Waals surface area contributed by atoms with Crippen molar-refractivity contribution in [3.8, 4) is 0 Å². The van der Waals surface area contributed by atoms with Gasteiger partial charge in [-0.25, -0.2) is 0 Å². The molecule has 0 saturated heterocycles. The van der Waals surface area contributed by atoms with E-state index in [1.807, 2.05) is 31.2 Å². The monoisotopic (exact) mass is 265 g/mol. The molecule has 0 aliphatic rings. The number of para-hydroxylation sites is 1. The van der Waals surface area contributed by atoms with Gasteiger partial charge in [0, 0.05) is 17.3 Å². The molecule has 3 nitrogen and oxygen atoms in total. The number of nitrogens with one attached hydrogen (secondary N) is 1. The van der Waals surface area contributed by atoms with Crippen LogP contribution in [0.2, 0.25) is 0 Å². The number of carbonyl (C=O) groups excluding carboxylic acids is 1. The molecule has 0 spiro atoms. The summed E-state index contributed by atoms with van der Waals surface area (Å²) in [7, 11) is 0. The van der Waals surface area contributed by atoms with E-state index in [1.54, 1.807) is 0 Å². The molecule has 0 radical (unpaired) electrons. The summed E-state index contributed by atoms with van der Waals surface area (Å²) in [6.45, 7) is 2.59. The third-order valence-corrected chi connectivity index (χ3v) is 3.01. The Labute approximate surface area is 111 Å². The van der Waals surface area contributed by atoms with Crippen LogP contribution >= 0.6 is 11.6 Å². The third kappa shape index (κ3) is 3.05. The number of amides is 1. The molecule has 2 aromatic rings. The molecule has 0 fully saturated rings. The average Bonchev–Trinajstić information content (AvgIpc) is 2.78. The van der Waals surface area contributed by atoms with Gasteiger partial charge in [0.25, 0.3) is 5.91 Å². The Kier molecular flexibility index (Phi) is 4.26. The number of halogens is 1. The van der Waals surface area contributed by atoms with E-state index < -0.39 is 0 Å². The van der Waals surface area contributed by atoms with Crippen LogP contribution in [-0.4, -0.2) is 17.8 Å². The van der Waals surface area contributed by atoms with Crippen molar-refractivity contribution in [1.82, 2.24) is 5.32 Å². The van der Waals surface area contributed by atoms with Gasteiger partial charge in [0.05, 0.1) is 5.56 Å². The van der Waals surface area contributed by atoms with Crippen molar-refractivity contribution >= 4 is 28.5 Å². The van der Waals surface area contributed by atoms with E-state index in [1.165, 1.54) is 6.26 Å². The Hall–Kier alpha value is -1.48. The smallest absolute Gasteiger partial charge is 0.255 e. The molecule has 18 heavy (non-hydrogen) atoms. The first-order valence-electron chi connectivity index (χ1n) is 6.07. The Morgan fingerprint density at radius 3 is 3.00 bits per heavy atom. The first-order chi connectivity index (χ1) is 8.68. The minimum Gasteiger partial charge on any atom is -0.463 e. The van der Waals surface area contributed by atoms with Crippen molar-refractivity contribution in [3.05, 3.63) is 36.1 Å². The fourth-order valence-corrected chi connectivity index (χ4v) is 1.99. The average molecular weight is 266 g/mol. The molecule has 2 rings (SSSR count). The van der Waals surface area contributed by atoms with E-state index >= 15 is 0 Å². The number of hydrogen-bond donors (Lipinski definition) is 1. The van der Waals surface area contributed by atoms with Gasteiger partial charge in [-0.1, -0.05) is 18.2 Å². The lowest BCUT2D eigenvalue weighted by Gasteiger charge is -2.04. The number of benzene rings is 1. The molecule has 1 aromatic carbocycles. The topological polar surface area (TPSA) is 42.2 Å². The van der Waals surface area contributed by atoms with Gasteiger partial charge in [0.1, 0.15) is 11.8 Å². The molecule has 0 aliphatic carbocycles. The van der Waals surface area contributed by atoms with Gasteiger partial charge in [-0.15, -0.1) is 11.6 Å². The molecule has 1 atom stereocenters. The van der Waals surface area contributed by atoms with Crippen LogP contribution in [0, 0.1) is 0 Å². The zero-order chi connectivity index (χ0) is 13.0. The summed E-state index contributed by atoms with van der Waals surface area (Å²) in [6.07, 6.45) is 3.28. The van der Waals surface area contributed by atoms with Gasteiger partial charge in [0.2, 0.25) is 0 Å². The maximum Gasteiger partial charge on any atom is 0.255 e.